The highest BCUT2D eigenvalue weighted by Gasteiger charge is 2.42. The minimum absolute atomic E-state index is 0.265. The number of hydrogen-bond acceptors (Lipinski definition) is 8. The van der Waals surface area contributed by atoms with Gasteiger partial charge in [0.05, 0.1) is 5.69 Å². The van der Waals surface area contributed by atoms with Gasteiger partial charge in [-0.15, -0.1) is 11.3 Å². The first-order valence-corrected chi connectivity index (χ1v) is 11.0. The summed E-state index contributed by atoms with van der Waals surface area (Å²) in [6, 6.07) is 14.1. The van der Waals surface area contributed by atoms with Crippen LogP contribution in [0.3, 0.4) is 0 Å². The van der Waals surface area contributed by atoms with Gasteiger partial charge in [-0.3, -0.25) is 9.88 Å². The topological polar surface area (TPSA) is 106 Å². The summed E-state index contributed by atoms with van der Waals surface area (Å²) in [7, 11) is 0. The minimum atomic E-state index is -0.450. The van der Waals surface area contributed by atoms with Gasteiger partial charge in [0, 0.05) is 22.8 Å². The van der Waals surface area contributed by atoms with Crippen molar-refractivity contribution in [1.82, 2.24) is 9.97 Å². The number of aromatic nitrogens is 2. The fraction of sp³-hybridized carbons (Fsp3) is 0.273. The van der Waals surface area contributed by atoms with Gasteiger partial charge in [-0.25, -0.2) is 9.98 Å². The van der Waals surface area contributed by atoms with Crippen LogP contribution in [0.25, 0.3) is 22.0 Å². The van der Waals surface area contributed by atoms with Gasteiger partial charge in [0.15, 0.2) is 0 Å². The van der Waals surface area contributed by atoms with Crippen LogP contribution in [-0.2, 0) is 0 Å². The number of benzene rings is 1. The molecule has 2 aliphatic rings. The Kier molecular flexibility index (Phi) is 4.71. The molecule has 4 N–H and O–H groups in total. The van der Waals surface area contributed by atoms with E-state index in [0.717, 1.165) is 53.3 Å². The maximum absolute atomic E-state index is 6.37. The van der Waals surface area contributed by atoms with E-state index in [1.165, 1.54) is 6.42 Å². The van der Waals surface area contributed by atoms with E-state index in [-0.39, 0.29) is 5.96 Å². The molecular weight excluding hydrogens is 394 g/mol. The quantitative estimate of drug-likeness (QED) is 0.670. The van der Waals surface area contributed by atoms with Gasteiger partial charge in [-0.2, -0.15) is 4.99 Å². The molecule has 1 aromatic carbocycles. The van der Waals surface area contributed by atoms with Crippen molar-refractivity contribution in [2.24, 2.45) is 21.5 Å². The van der Waals surface area contributed by atoms with E-state index >= 15 is 0 Å². The summed E-state index contributed by atoms with van der Waals surface area (Å²) < 4.78 is 0. The molecule has 1 saturated carbocycles. The van der Waals surface area contributed by atoms with Gasteiger partial charge in [-0.1, -0.05) is 24.6 Å². The van der Waals surface area contributed by atoms with Crippen LogP contribution in [0.1, 0.15) is 32.1 Å². The van der Waals surface area contributed by atoms with Crippen molar-refractivity contribution in [2.75, 3.05) is 4.90 Å². The van der Waals surface area contributed by atoms with Gasteiger partial charge in [0.1, 0.15) is 16.4 Å². The van der Waals surface area contributed by atoms with Crippen molar-refractivity contribution in [1.29, 1.82) is 0 Å². The number of anilines is 1. The highest BCUT2D eigenvalue weighted by atomic mass is 32.1. The molecule has 1 aliphatic carbocycles. The van der Waals surface area contributed by atoms with Gasteiger partial charge in [-0.05, 0) is 49.9 Å². The SMILES string of the molecule is NC1=NC2(CCCCC2)N(c2cccc(-c3nc(-c4ccccn4)cs3)c2)C(N)=N1. The van der Waals surface area contributed by atoms with Gasteiger partial charge >= 0.3 is 0 Å². The highest BCUT2D eigenvalue weighted by molar-refractivity contribution is 7.13. The van der Waals surface area contributed by atoms with Crippen molar-refractivity contribution < 1.29 is 0 Å². The average molecular weight is 418 g/mol. The number of hydrogen-bond donors (Lipinski definition) is 2. The van der Waals surface area contributed by atoms with E-state index in [2.05, 4.69) is 27.0 Å². The molecule has 0 atom stereocenters. The third-order valence-electron chi connectivity index (χ3n) is 5.63. The smallest absolute Gasteiger partial charge is 0.220 e. The molecule has 1 aliphatic heterocycles. The largest absolute Gasteiger partial charge is 0.369 e. The Bertz CT molecular complexity index is 1110. The summed E-state index contributed by atoms with van der Waals surface area (Å²) in [5.74, 6) is 0.664. The number of nitrogens with zero attached hydrogens (tertiary/aromatic N) is 5. The van der Waals surface area contributed by atoms with Crippen LogP contribution in [0, 0.1) is 0 Å². The molecule has 3 aromatic rings. The zero-order valence-corrected chi connectivity index (χ0v) is 17.3. The second kappa shape index (κ2) is 7.53. The van der Waals surface area contributed by atoms with Crippen molar-refractivity contribution in [3.05, 3.63) is 54.0 Å². The zero-order valence-electron chi connectivity index (χ0n) is 16.5. The lowest BCUT2D eigenvalue weighted by molar-refractivity contribution is 0.305. The number of rotatable bonds is 3. The molecule has 0 saturated heterocycles. The molecule has 7 nitrogen and oxygen atoms in total. The van der Waals surface area contributed by atoms with Crippen LogP contribution >= 0.6 is 11.3 Å². The summed E-state index contributed by atoms with van der Waals surface area (Å²) in [5, 5.41) is 2.97. The Morgan fingerprint density at radius 3 is 2.63 bits per heavy atom. The monoisotopic (exact) mass is 417 g/mol. The predicted octanol–water partition coefficient (Wildman–Crippen LogP) is 3.98. The summed E-state index contributed by atoms with van der Waals surface area (Å²) in [5.41, 5.74) is 15.6. The summed E-state index contributed by atoms with van der Waals surface area (Å²) in [6.07, 6.45) is 7.01. The number of thiazole rings is 1. The number of aliphatic imine (C=N–C) groups is 2. The molecule has 1 fully saturated rings. The van der Waals surface area contributed by atoms with Crippen LogP contribution in [-0.4, -0.2) is 27.5 Å². The fourth-order valence-corrected chi connectivity index (χ4v) is 5.12. The summed E-state index contributed by atoms with van der Waals surface area (Å²) >= 11 is 1.60. The molecule has 0 unspecified atom stereocenters. The molecule has 3 heterocycles. The average Bonchev–Trinajstić information content (AvgIpc) is 3.25. The van der Waals surface area contributed by atoms with E-state index < -0.39 is 5.66 Å². The molecular formula is C22H23N7S. The Labute approximate surface area is 179 Å². The molecule has 30 heavy (non-hydrogen) atoms. The molecule has 0 radical (unpaired) electrons. The lowest BCUT2D eigenvalue weighted by Gasteiger charge is -2.45. The predicted molar refractivity (Wildman–Crippen MR) is 122 cm³/mol. The lowest BCUT2D eigenvalue weighted by atomic mass is 9.87. The van der Waals surface area contributed by atoms with Crippen molar-refractivity contribution in [3.8, 4) is 22.0 Å². The molecule has 0 bridgehead atoms. The van der Waals surface area contributed by atoms with Crippen LogP contribution in [0.4, 0.5) is 5.69 Å². The van der Waals surface area contributed by atoms with Crippen LogP contribution < -0.4 is 16.4 Å². The molecule has 0 amide bonds. The summed E-state index contributed by atoms with van der Waals surface area (Å²) in [4.78, 5) is 20.3. The first-order chi connectivity index (χ1) is 14.6. The van der Waals surface area contributed by atoms with Crippen LogP contribution in [0.5, 0.6) is 0 Å². The molecule has 152 valence electrons. The standard InChI is InChI=1S/C22H23N7S/c23-20-27-21(24)29(22(28-20)10-3-1-4-11-22)16-8-6-7-15(13-16)19-26-18(14-30-19)17-9-2-5-12-25-17/h2,5-9,12-14H,1,3-4,10-11H2,(H4,23,24,27,28). The Morgan fingerprint density at radius 1 is 0.967 bits per heavy atom. The third-order valence-corrected chi connectivity index (χ3v) is 6.53. The second-order valence-corrected chi connectivity index (χ2v) is 8.48. The van der Waals surface area contributed by atoms with E-state index in [9.17, 15) is 0 Å². The van der Waals surface area contributed by atoms with Gasteiger partial charge < -0.3 is 11.5 Å². The molecule has 8 heteroatoms. The summed E-state index contributed by atoms with van der Waals surface area (Å²) in [6.45, 7) is 0. The Hall–Kier alpha value is -3.26. The van der Waals surface area contributed by atoms with E-state index in [1.54, 1.807) is 17.5 Å². The van der Waals surface area contributed by atoms with Crippen molar-refractivity contribution in [2.45, 2.75) is 37.8 Å². The van der Waals surface area contributed by atoms with Crippen molar-refractivity contribution >= 4 is 28.9 Å². The maximum Gasteiger partial charge on any atom is 0.220 e. The number of guanidine groups is 2. The maximum atomic E-state index is 6.37. The Balaban J connectivity index is 1.52. The second-order valence-electron chi connectivity index (χ2n) is 7.62. The van der Waals surface area contributed by atoms with E-state index in [4.69, 9.17) is 21.4 Å². The van der Waals surface area contributed by atoms with Crippen molar-refractivity contribution in [3.63, 3.8) is 0 Å². The number of nitrogens with two attached hydrogens (primary N) is 2. The third kappa shape index (κ3) is 3.33. The fourth-order valence-electron chi connectivity index (χ4n) is 4.31. The molecule has 1 spiro atoms. The zero-order chi connectivity index (χ0) is 20.6. The first kappa shape index (κ1) is 18.7. The minimum Gasteiger partial charge on any atom is -0.369 e. The van der Waals surface area contributed by atoms with Crippen LogP contribution in [0.15, 0.2) is 64.0 Å². The lowest BCUT2D eigenvalue weighted by Crippen LogP contribution is -2.58. The number of pyridine rings is 1. The van der Waals surface area contributed by atoms with Crippen LogP contribution in [0.2, 0.25) is 0 Å². The van der Waals surface area contributed by atoms with E-state index in [1.807, 2.05) is 35.7 Å². The normalized spacial score (nSPS) is 18.2. The Morgan fingerprint density at radius 2 is 1.83 bits per heavy atom. The molecule has 5 rings (SSSR count). The highest BCUT2D eigenvalue weighted by Crippen LogP contribution is 2.40. The van der Waals surface area contributed by atoms with E-state index in [0.29, 0.717) is 5.96 Å². The first-order valence-electron chi connectivity index (χ1n) is 10.1. The van der Waals surface area contributed by atoms with Gasteiger partial charge in [0.2, 0.25) is 11.9 Å². The molecule has 2 aromatic heterocycles. The van der Waals surface area contributed by atoms with Gasteiger partial charge in [0.25, 0.3) is 0 Å².